The number of hydrogen-bond donors (Lipinski definition) is 2. The van der Waals surface area contributed by atoms with Gasteiger partial charge < -0.3 is 10.2 Å². The van der Waals surface area contributed by atoms with Crippen LogP contribution >= 0.6 is 0 Å². The van der Waals surface area contributed by atoms with E-state index in [1.165, 1.54) is 6.42 Å². The van der Waals surface area contributed by atoms with E-state index in [9.17, 15) is 0 Å². The summed E-state index contributed by atoms with van der Waals surface area (Å²) < 4.78 is 0. The molecule has 1 fully saturated rings. The number of H-pyrrole nitrogens is 1. The fourth-order valence-electron chi connectivity index (χ4n) is 2.11. The van der Waals surface area contributed by atoms with Crippen LogP contribution in [0.15, 0.2) is 0 Å². The predicted octanol–water partition coefficient (Wildman–Crippen LogP) is 1.19. The number of aromatic nitrogens is 3. The smallest absolute Gasteiger partial charge is 0.244 e. The number of nitrogens with zero attached hydrogens (tertiary/aromatic N) is 3. The van der Waals surface area contributed by atoms with E-state index in [0.717, 1.165) is 37.8 Å². The molecule has 2 heterocycles. The molecular weight excluding hydrogens is 214 g/mol. The van der Waals surface area contributed by atoms with Crippen molar-refractivity contribution in [1.82, 2.24) is 20.5 Å². The quantitative estimate of drug-likeness (QED) is 0.826. The highest BCUT2D eigenvalue weighted by Gasteiger charge is 2.19. The van der Waals surface area contributed by atoms with Gasteiger partial charge >= 0.3 is 0 Å². The maximum absolute atomic E-state index is 4.59. The first-order valence-electron chi connectivity index (χ1n) is 6.58. The Morgan fingerprint density at radius 1 is 1.53 bits per heavy atom. The summed E-state index contributed by atoms with van der Waals surface area (Å²) in [7, 11) is 0. The number of hydrogen-bond acceptors (Lipinski definition) is 4. The highest BCUT2D eigenvalue weighted by atomic mass is 15.4. The van der Waals surface area contributed by atoms with Gasteiger partial charge in [-0.05, 0) is 12.8 Å². The summed E-state index contributed by atoms with van der Waals surface area (Å²) in [5, 5.41) is 10.8. The van der Waals surface area contributed by atoms with Crippen molar-refractivity contribution >= 4 is 5.95 Å². The summed E-state index contributed by atoms with van der Waals surface area (Å²) in [5.74, 6) is 2.54. The van der Waals surface area contributed by atoms with Crippen LogP contribution in [0.4, 0.5) is 5.95 Å². The number of nitrogens with one attached hydrogen (secondary N) is 2. The lowest BCUT2D eigenvalue weighted by molar-refractivity contribution is 0.479. The highest BCUT2D eigenvalue weighted by molar-refractivity contribution is 5.30. The minimum atomic E-state index is 0.514. The molecule has 5 heteroatoms. The van der Waals surface area contributed by atoms with E-state index in [0.29, 0.717) is 12.0 Å². The SMILES string of the molecule is CCC(C)Cc1nc(N2CCN[C@@H](C)C2)n[nH]1. The molecule has 96 valence electrons. The normalized spacial score (nSPS) is 22.8. The monoisotopic (exact) mass is 237 g/mol. The Morgan fingerprint density at radius 3 is 3.06 bits per heavy atom. The third-order valence-corrected chi connectivity index (χ3v) is 3.41. The average Bonchev–Trinajstić information content (AvgIpc) is 2.77. The lowest BCUT2D eigenvalue weighted by atomic mass is 10.1. The number of piperazine rings is 1. The zero-order chi connectivity index (χ0) is 12.3. The summed E-state index contributed by atoms with van der Waals surface area (Å²) in [5.41, 5.74) is 0. The molecule has 0 spiro atoms. The molecule has 1 aliphatic heterocycles. The van der Waals surface area contributed by atoms with E-state index in [4.69, 9.17) is 0 Å². The Labute approximate surface area is 103 Å². The van der Waals surface area contributed by atoms with Crippen molar-refractivity contribution in [3.05, 3.63) is 5.82 Å². The van der Waals surface area contributed by atoms with Crippen LogP contribution in [0.1, 0.15) is 33.0 Å². The molecule has 2 N–H and O–H groups in total. The van der Waals surface area contributed by atoms with Crippen LogP contribution in [0.25, 0.3) is 0 Å². The first kappa shape index (κ1) is 12.4. The van der Waals surface area contributed by atoms with Crippen molar-refractivity contribution in [3.8, 4) is 0 Å². The van der Waals surface area contributed by atoms with Gasteiger partial charge in [0.15, 0.2) is 0 Å². The Balaban J connectivity index is 1.97. The maximum Gasteiger partial charge on any atom is 0.244 e. The van der Waals surface area contributed by atoms with Gasteiger partial charge in [-0.3, -0.25) is 5.10 Å². The van der Waals surface area contributed by atoms with Crippen molar-refractivity contribution < 1.29 is 0 Å². The number of anilines is 1. The molecule has 2 atom stereocenters. The van der Waals surface area contributed by atoms with Crippen LogP contribution < -0.4 is 10.2 Å². The van der Waals surface area contributed by atoms with Gasteiger partial charge in [0.05, 0.1) is 0 Å². The molecule has 0 aliphatic carbocycles. The zero-order valence-electron chi connectivity index (χ0n) is 11.0. The molecular formula is C12H23N5. The molecule has 2 rings (SSSR count). The molecule has 0 aromatic carbocycles. The van der Waals surface area contributed by atoms with Crippen molar-refractivity contribution in [1.29, 1.82) is 0 Å². The lowest BCUT2D eigenvalue weighted by Gasteiger charge is -2.30. The summed E-state index contributed by atoms with van der Waals surface area (Å²) >= 11 is 0. The van der Waals surface area contributed by atoms with Crippen LogP contribution in [-0.4, -0.2) is 40.9 Å². The molecule has 1 aromatic rings. The van der Waals surface area contributed by atoms with E-state index in [1.807, 2.05) is 0 Å². The maximum atomic E-state index is 4.59. The van der Waals surface area contributed by atoms with E-state index < -0.39 is 0 Å². The van der Waals surface area contributed by atoms with Gasteiger partial charge in [-0.2, -0.15) is 4.98 Å². The van der Waals surface area contributed by atoms with Crippen LogP contribution in [0.5, 0.6) is 0 Å². The van der Waals surface area contributed by atoms with E-state index in [2.05, 4.69) is 46.2 Å². The Kier molecular flexibility index (Phi) is 3.99. The summed E-state index contributed by atoms with van der Waals surface area (Å²) in [4.78, 5) is 6.84. The minimum Gasteiger partial charge on any atom is -0.337 e. The lowest BCUT2D eigenvalue weighted by Crippen LogP contribution is -2.49. The van der Waals surface area contributed by atoms with Crippen molar-refractivity contribution in [3.63, 3.8) is 0 Å². The first-order valence-corrected chi connectivity index (χ1v) is 6.58. The Hall–Kier alpha value is -1.10. The van der Waals surface area contributed by atoms with Crippen LogP contribution in [0.3, 0.4) is 0 Å². The molecule has 1 aliphatic rings. The molecule has 17 heavy (non-hydrogen) atoms. The van der Waals surface area contributed by atoms with Crippen molar-refractivity contribution in [2.45, 2.75) is 39.7 Å². The second-order valence-corrected chi connectivity index (χ2v) is 5.10. The highest BCUT2D eigenvalue weighted by Crippen LogP contribution is 2.13. The first-order chi connectivity index (χ1) is 8.19. The van der Waals surface area contributed by atoms with E-state index in [-0.39, 0.29) is 0 Å². The molecule has 0 amide bonds. The summed E-state index contributed by atoms with van der Waals surface area (Å²) in [6, 6.07) is 0.514. The zero-order valence-corrected chi connectivity index (χ0v) is 11.0. The molecule has 1 aromatic heterocycles. The van der Waals surface area contributed by atoms with Gasteiger partial charge in [0.25, 0.3) is 0 Å². The van der Waals surface area contributed by atoms with Gasteiger partial charge in [0.1, 0.15) is 5.82 Å². The summed E-state index contributed by atoms with van der Waals surface area (Å²) in [6.07, 6.45) is 2.17. The third kappa shape index (κ3) is 3.19. The van der Waals surface area contributed by atoms with Gasteiger partial charge in [-0.1, -0.05) is 20.3 Å². The molecule has 1 unspecified atom stereocenters. The molecule has 0 bridgehead atoms. The largest absolute Gasteiger partial charge is 0.337 e. The number of aromatic amines is 1. The van der Waals surface area contributed by atoms with Crippen LogP contribution in [-0.2, 0) is 6.42 Å². The third-order valence-electron chi connectivity index (χ3n) is 3.41. The van der Waals surface area contributed by atoms with Gasteiger partial charge in [0.2, 0.25) is 5.95 Å². The average molecular weight is 237 g/mol. The fourth-order valence-corrected chi connectivity index (χ4v) is 2.11. The Morgan fingerprint density at radius 2 is 2.35 bits per heavy atom. The van der Waals surface area contributed by atoms with Crippen molar-refractivity contribution in [2.24, 2.45) is 5.92 Å². The molecule has 5 nitrogen and oxygen atoms in total. The summed E-state index contributed by atoms with van der Waals surface area (Å²) in [6.45, 7) is 9.63. The van der Waals surface area contributed by atoms with Crippen LogP contribution in [0.2, 0.25) is 0 Å². The Bertz CT molecular complexity index is 348. The van der Waals surface area contributed by atoms with Gasteiger partial charge in [-0.25, -0.2) is 0 Å². The number of rotatable bonds is 4. The van der Waals surface area contributed by atoms with Gasteiger partial charge in [-0.15, -0.1) is 5.10 Å². The second-order valence-electron chi connectivity index (χ2n) is 5.10. The topological polar surface area (TPSA) is 56.8 Å². The minimum absolute atomic E-state index is 0.514. The predicted molar refractivity (Wildman–Crippen MR) is 69.2 cm³/mol. The molecule has 1 saturated heterocycles. The molecule has 0 radical (unpaired) electrons. The second kappa shape index (κ2) is 5.49. The van der Waals surface area contributed by atoms with E-state index in [1.54, 1.807) is 0 Å². The van der Waals surface area contributed by atoms with Crippen LogP contribution in [0, 0.1) is 5.92 Å². The van der Waals surface area contributed by atoms with Gasteiger partial charge in [0, 0.05) is 32.1 Å². The standard InChI is InChI=1S/C12H23N5/c1-4-9(2)7-11-14-12(16-15-11)17-6-5-13-10(3)8-17/h9-10,13H,4-8H2,1-3H3,(H,14,15,16)/t9?,10-/m0/s1. The van der Waals surface area contributed by atoms with Crippen molar-refractivity contribution in [2.75, 3.05) is 24.5 Å². The molecule has 0 saturated carbocycles. The van der Waals surface area contributed by atoms with E-state index >= 15 is 0 Å². The fraction of sp³-hybridized carbons (Fsp3) is 0.833.